The van der Waals surface area contributed by atoms with Gasteiger partial charge in [-0.3, -0.25) is 9.59 Å². The predicted molar refractivity (Wildman–Crippen MR) is 126 cm³/mol. The van der Waals surface area contributed by atoms with Crippen LogP contribution in [-0.4, -0.2) is 24.9 Å². The summed E-state index contributed by atoms with van der Waals surface area (Å²) in [5.41, 5.74) is 2.65. The van der Waals surface area contributed by atoms with Crippen molar-refractivity contribution in [1.82, 2.24) is 0 Å². The largest absolute Gasteiger partial charge is 0.466 e. The Morgan fingerprint density at radius 3 is 2.06 bits per heavy atom. The highest BCUT2D eigenvalue weighted by Gasteiger charge is 2.43. The average Bonchev–Trinajstić information content (AvgIpc) is 2.97. The molecule has 1 atom stereocenters. The number of hydrogen-bond donors (Lipinski definition) is 0. The van der Waals surface area contributed by atoms with E-state index in [0.717, 1.165) is 10.5 Å². The molecule has 6 heteroatoms. The molecule has 2 aromatic rings. The number of carbonyl (C=O) groups excluding carboxylic acids is 3. The second-order valence-corrected chi connectivity index (χ2v) is 9.22. The minimum Gasteiger partial charge on any atom is -0.466 e. The van der Waals surface area contributed by atoms with E-state index < -0.39 is 23.7 Å². The highest BCUT2D eigenvalue weighted by Crippen LogP contribution is 2.40. The number of benzene rings is 2. The molecule has 0 radical (unpaired) electrons. The molecule has 0 spiro atoms. The van der Waals surface area contributed by atoms with Gasteiger partial charge in [0.25, 0.3) is 11.8 Å². The maximum atomic E-state index is 13.5. The Bertz CT molecular complexity index is 1120. The van der Waals surface area contributed by atoms with Gasteiger partial charge < -0.3 is 4.74 Å². The fourth-order valence-electron chi connectivity index (χ4n) is 3.79. The van der Waals surface area contributed by atoms with Gasteiger partial charge in [-0.05, 0) is 47.7 Å². The highest BCUT2D eigenvalue weighted by atomic mass is 35.5. The van der Waals surface area contributed by atoms with Gasteiger partial charge in [0.1, 0.15) is 0 Å². The zero-order valence-corrected chi connectivity index (χ0v) is 19.6. The normalized spacial score (nSPS) is 15.2. The zero-order chi connectivity index (χ0) is 23.8. The first-order valence-electron chi connectivity index (χ1n) is 10.2. The standard InChI is InChI=1S/C26H26ClNO4/c1-15-22(21(16(2)25(31)32-6)17-7-11-19(27)12-8-17)24(30)28(23(15)29)20-13-9-18(10-14-20)26(3,4)5/h7-14,21H,2H2,1,3-6H3/t21-/m0/s1. The van der Waals surface area contributed by atoms with Crippen molar-refractivity contribution in [2.24, 2.45) is 0 Å². The van der Waals surface area contributed by atoms with Crippen molar-refractivity contribution in [2.45, 2.75) is 39.0 Å². The molecular formula is C26H26ClNO4. The molecule has 0 saturated carbocycles. The Labute approximate surface area is 193 Å². The van der Waals surface area contributed by atoms with Crippen molar-refractivity contribution >= 4 is 35.1 Å². The summed E-state index contributed by atoms with van der Waals surface area (Å²) in [6.07, 6.45) is 0. The van der Waals surface area contributed by atoms with Gasteiger partial charge in [-0.1, -0.05) is 63.2 Å². The molecule has 166 valence electrons. The molecule has 0 saturated heterocycles. The van der Waals surface area contributed by atoms with E-state index in [4.69, 9.17) is 16.3 Å². The zero-order valence-electron chi connectivity index (χ0n) is 18.9. The minimum atomic E-state index is -0.838. The van der Waals surface area contributed by atoms with E-state index in [2.05, 4.69) is 27.4 Å². The lowest BCUT2D eigenvalue weighted by Gasteiger charge is -2.23. The number of esters is 1. The lowest BCUT2D eigenvalue weighted by molar-refractivity contribution is -0.136. The summed E-state index contributed by atoms with van der Waals surface area (Å²) >= 11 is 6.02. The van der Waals surface area contributed by atoms with Gasteiger partial charge in [-0.2, -0.15) is 0 Å². The monoisotopic (exact) mass is 451 g/mol. The van der Waals surface area contributed by atoms with Crippen LogP contribution in [0.3, 0.4) is 0 Å². The SMILES string of the molecule is C=C(C(=O)OC)[C@H](C1=C(C)C(=O)N(c2ccc(C(C)(C)C)cc2)C1=O)c1ccc(Cl)cc1. The number of imide groups is 1. The van der Waals surface area contributed by atoms with Crippen LogP contribution in [0.1, 0.15) is 44.7 Å². The van der Waals surface area contributed by atoms with Crippen LogP contribution in [0.2, 0.25) is 5.02 Å². The van der Waals surface area contributed by atoms with Crippen LogP contribution in [0.5, 0.6) is 0 Å². The maximum Gasteiger partial charge on any atom is 0.334 e. The smallest absolute Gasteiger partial charge is 0.334 e. The molecule has 0 fully saturated rings. The van der Waals surface area contributed by atoms with E-state index in [0.29, 0.717) is 16.3 Å². The molecule has 2 amide bonds. The third-order valence-electron chi connectivity index (χ3n) is 5.64. The number of amides is 2. The Hall–Kier alpha value is -3.18. The number of halogens is 1. The Morgan fingerprint density at radius 2 is 1.56 bits per heavy atom. The Kier molecular flexibility index (Phi) is 6.42. The van der Waals surface area contributed by atoms with Crippen LogP contribution in [-0.2, 0) is 24.5 Å². The predicted octanol–water partition coefficient (Wildman–Crippen LogP) is 5.34. The first kappa shape index (κ1) is 23.5. The lowest BCUT2D eigenvalue weighted by Crippen LogP contribution is -2.32. The molecule has 0 N–H and O–H groups in total. The van der Waals surface area contributed by atoms with Crippen LogP contribution < -0.4 is 4.90 Å². The summed E-state index contributed by atoms with van der Waals surface area (Å²) in [6, 6.07) is 14.1. The number of rotatable bonds is 5. The van der Waals surface area contributed by atoms with Gasteiger partial charge >= 0.3 is 5.97 Å². The van der Waals surface area contributed by atoms with Crippen LogP contribution in [0.15, 0.2) is 71.8 Å². The van der Waals surface area contributed by atoms with Gasteiger partial charge in [0, 0.05) is 27.7 Å². The van der Waals surface area contributed by atoms with Crippen LogP contribution in [0.25, 0.3) is 0 Å². The highest BCUT2D eigenvalue weighted by molar-refractivity contribution is 6.33. The third-order valence-corrected chi connectivity index (χ3v) is 5.89. The molecule has 1 aliphatic heterocycles. The number of anilines is 1. The van der Waals surface area contributed by atoms with Crippen LogP contribution in [0.4, 0.5) is 5.69 Å². The molecule has 32 heavy (non-hydrogen) atoms. The second-order valence-electron chi connectivity index (χ2n) is 8.78. The summed E-state index contributed by atoms with van der Waals surface area (Å²) in [5, 5.41) is 0.510. The minimum absolute atomic E-state index is 0.0607. The molecule has 0 bridgehead atoms. The molecule has 2 aromatic carbocycles. The van der Waals surface area contributed by atoms with Crippen molar-refractivity contribution in [3.8, 4) is 0 Å². The first-order chi connectivity index (χ1) is 15.0. The van der Waals surface area contributed by atoms with Gasteiger partial charge in [0.15, 0.2) is 0 Å². The summed E-state index contributed by atoms with van der Waals surface area (Å²) in [4.78, 5) is 40.2. The summed E-state index contributed by atoms with van der Waals surface area (Å²) in [5.74, 6) is -2.40. The van der Waals surface area contributed by atoms with Crippen LogP contribution >= 0.6 is 11.6 Å². The topological polar surface area (TPSA) is 63.7 Å². The maximum absolute atomic E-state index is 13.5. The van der Waals surface area contributed by atoms with Crippen molar-refractivity contribution < 1.29 is 19.1 Å². The molecule has 1 heterocycles. The number of carbonyl (C=O) groups is 3. The van der Waals surface area contributed by atoms with Gasteiger partial charge in [-0.15, -0.1) is 0 Å². The number of methoxy groups -OCH3 is 1. The number of nitrogens with zero attached hydrogens (tertiary/aromatic N) is 1. The van der Waals surface area contributed by atoms with E-state index >= 15 is 0 Å². The molecule has 0 aliphatic carbocycles. The summed E-state index contributed by atoms with van der Waals surface area (Å²) < 4.78 is 4.85. The fraction of sp³-hybridized carbons (Fsp3) is 0.269. The van der Waals surface area contributed by atoms with E-state index in [9.17, 15) is 14.4 Å². The summed E-state index contributed by atoms with van der Waals surface area (Å²) in [7, 11) is 1.25. The Morgan fingerprint density at radius 1 is 1.00 bits per heavy atom. The number of ether oxygens (including phenoxy) is 1. The Balaban J connectivity index is 2.07. The molecule has 3 rings (SSSR count). The van der Waals surface area contributed by atoms with E-state index in [1.807, 2.05) is 12.1 Å². The molecule has 0 aromatic heterocycles. The third kappa shape index (κ3) is 4.26. The van der Waals surface area contributed by atoms with Crippen LogP contribution in [0, 0.1) is 0 Å². The van der Waals surface area contributed by atoms with E-state index in [1.165, 1.54) is 7.11 Å². The second kappa shape index (κ2) is 8.75. The molecular weight excluding hydrogens is 426 g/mol. The summed E-state index contributed by atoms with van der Waals surface area (Å²) in [6.45, 7) is 11.7. The van der Waals surface area contributed by atoms with Crippen molar-refractivity contribution in [2.75, 3.05) is 12.0 Å². The quantitative estimate of drug-likeness (QED) is 0.349. The average molecular weight is 452 g/mol. The molecule has 1 aliphatic rings. The van der Waals surface area contributed by atoms with Gasteiger partial charge in [0.2, 0.25) is 0 Å². The van der Waals surface area contributed by atoms with Gasteiger partial charge in [-0.25, -0.2) is 9.69 Å². The van der Waals surface area contributed by atoms with Crippen molar-refractivity contribution in [3.05, 3.63) is 88.0 Å². The molecule has 5 nitrogen and oxygen atoms in total. The van der Waals surface area contributed by atoms with Gasteiger partial charge in [0.05, 0.1) is 12.8 Å². The van der Waals surface area contributed by atoms with Crippen molar-refractivity contribution in [3.63, 3.8) is 0 Å². The molecule has 0 unspecified atom stereocenters. The van der Waals surface area contributed by atoms with E-state index in [-0.39, 0.29) is 22.1 Å². The van der Waals surface area contributed by atoms with E-state index in [1.54, 1.807) is 43.3 Å². The fourth-order valence-corrected chi connectivity index (χ4v) is 3.91. The first-order valence-corrected chi connectivity index (χ1v) is 10.6. The number of hydrogen-bond acceptors (Lipinski definition) is 4. The lowest BCUT2D eigenvalue weighted by atomic mass is 9.83. The van der Waals surface area contributed by atoms with Crippen molar-refractivity contribution in [1.29, 1.82) is 0 Å².